The van der Waals surface area contributed by atoms with Crippen molar-refractivity contribution in [1.29, 1.82) is 0 Å². The summed E-state index contributed by atoms with van der Waals surface area (Å²) < 4.78 is 26.4. The number of benzene rings is 3. The number of nitrogens with zero attached hydrogens (tertiary/aromatic N) is 1. The van der Waals surface area contributed by atoms with Crippen LogP contribution in [0.2, 0.25) is 10.0 Å². The van der Waals surface area contributed by atoms with Crippen LogP contribution >= 0.6 is 23.2 Å². The van der Waals surface area contributed by atoms with Crippen molar-refractivity contribution in [3.8, 4) is 0 Å². The predicted molar refractivity (Wildman–Crippen MR) is 166 cm³/mol. The number of likely N-dealkylation sites (tertiary alicyclic amines) is 1. The van der Waals surface area contributed by atoms with Crippen LogP contribution in [0.4, 0.5) is 5.69 Å². The first-order valence-corrected chi connectivity index (χ1v) is 16.6. The molecule has 0 saturated carbocycles. The smallest absolute Gasteiger partial charge is 0.245 e. The Hall–Kier alpha value is -3.11. The lowest BCUT2D eigenvalue weighted by Crippen LogP contribution is -2.56. The number of fused-ring (bicyclic) bond motifs is 1. The molecule has 222 valence electrons. The Balaban J connectivity index is 1.30. The van der Waals surface area contributed by atoms with Gasteiger partial charge in [-0.3, -0.25) is 14.3 Å². The van der Waals surface area contributed by atoms with Gasteiger partial charge in [-0.15, -0.1) is 0 Å². The third-order valence-electron chi connectivity index (χ3n) is 7.94. The molecular weight excluding hydrogens is 595 g/mol. The number of hydrogen-bond donors (Lipinski definition) is 3. The van der Waals surface area contributed by atoms with E-state index < -0.39 is 22.1 Å². The number of amides is 2. The van der Waals surface area contributed by atoms with Gasteiger partial charge in [0.25, 0.3) is 0 Å². The van der Waals surface area contributed by atoms with Gasteiger partial charge in [-0.2, -0.15) is 0 Å². The molecule has 8 nitrogen and oxygen atoms in total. The summed E-state index contributed by atoms with van der Waals surface area (Å²) in [6, 6.07) is 19.4. The van der Waals surface area contributed by atoms with E-state index in [-0.39, 0.29) is 24.2 Å². The van der Waals surface area contributed by atoms with E-state index in [1.54, 1.807) is 29.2 Å². The third-order valence-corrected chi connectivity index (χ3v) is 9.27. The highest BCUT2D eigenvalue weighted by Gasteiger charge is 2.33. The minimum absolute atomic E-state index is 0.0918. The number of halogens is 2. The highest BCUT2D eigenvalue weighted by atomic mass is 35.5. The summed E-state index contributed by atoms with van der Waals surface area (Å²) >= 11 is 12.4. The topological polar surface area (TPSA) is 108 Å². The van der Waals surface area contributed by atoms with Gasteiger partial charge in [0.15, 0.2) is 0 Å². The summed E-state index contributed by atoms with van der Waals surface area (Å²) in [6.45, 7) is 1.56. The van der Waals surface area contributed by atoms with Gasteiger partial charge in [-0.25, -0.2) is 8.42 Å². The van der Waals surface area contributed by atoms with Crippen molar-refractivity contribution in [2.75, 3.05) is 24.1 Å². The Kier molecular flexibility index (Phi) is 9.42. The van der Waals surface area contributed by atoms with E-state index in [1.165, 1.54) is 5.56 Å². The molecule has 2 amide bonds. The summed E-state index contributed by atoms with van der Waals surface area (Å²) in [7, 11) is -3.42. The fraction of sp³-hybridized carbons (Fsp3) is 0.355. The fourth-order valence-electron chi connectivity index (χ4n) is 5.79. The van der Waals surface area contributed by atoms with Crippen LogP contribution in [0.15, 0.2) is 66.7 Å². The number of carbonyl (C=O) groups is 2. The molecule has 42 heavy (non-hydrogen) atoms. The van der Waals surface area contributed by atoms with Gasteiger partial charge in [0.2, 0.25) is 21.8 Å². The zero-order chi connectivity index (χ0) is 29.9. The van der Waals surface area contributed by atoms with E-state index in [0.717, 1.165) is 22.9 Å². The molecule has 0 bridgehead atoms. The second-order valence-electron chi connectivity index (χ2n) is 11.0. The van der Waals surface area contributed by atoms with Crippen LogP contribution in [-0.4, -0.2) is 56.6 Å². The number of rotatable bonds is 8. The van der Waals surface area contributed by atoms with Gasteiger partial charge in [0.1, 0.15) is 6.04 Å². The Morgan fingerprint density at radius 1 is 0.976 bits per heavy atom. The van der Waals surface area contributed by atoms with E-state index in [4.69, 9.17) is 23.2 Å². The molecule has 0 unspecified atom stereocenters. The van der Waals surface area contributed by atoms with Crippen LogP contribution in [-0.2, 0) is 39.0 Å². The molecular formula is C31H34Cl2N4O4S. The first kappa shape index (κ1) is 30.4. The van der Waals surface area contributed by atoms with Crippen LogP contribution in [0.5, 0.6) is 0 Å². The lowest BCUT2D eigenvalue weighted by Gasteiger charge is -2.36. The second-order valence-corrected chi connectivity index (χ2v) is 13.5. The first-order chi connectivity index (χ1) is 20.1. The minimum atomic E-state index is -3.42. The maximum atomic E-state index is 13.9. The van der Waals surface area contributed by atoms with Crippen molar-refractivity contribution >= 4 is 50.7 Å². The predicted octanol–water partition coefficient (Wildman–Crippen LogP) is 4.51. The van der Waals surface area contributed by atoms with E-state index in [0.29, 0.717) is 54.6 Å². The lowest BCUT2D eigenvalue weighted by atomic mass is 9.88. The average Bonchev–Trinajstić information content (AvgIpc) is 2.97. The Bertz CT molecular complexity index is 1570. The summed E-state index contributed by atoms with van der Waals surface area (Å²) in [5.41, 5.74) is 4.56. The Morgan fingerprint density at radius 2 is 1.67 bits per heavy atom. The Morgan fingerprint density at radius 3 is 2.38 bits per heavy atom. The van der Waals surface area contributed by atoms with Gasteiger partial charge in [0.05, 0.1) is 28.0 Å². The average molecular weight is 630 g/mol. The van der Waals surface area contributed by atoms with Crippen molar-refractivity contribution in [3.05, 3.63) is 99.0 Å². The highest BCUT2D eigenvalue weighted by Crippen LogP contribution is 2.34. The quantitative estimate of drug-likeness (QED) is 0.340. The van der Waals surface area contributed by atoms with Crippen LogP contribution in [0.25, 0.3) is 0 Å². The molecule has 1 saturated heterocycles. The third kappa shape index (κ3) is 7.45. The van der Waals surface area contributed by atoms with E-state index in [9.17, 15) is 18.0 Å². The maximum absolute atomic E-state index is 13.9. The summed E-state index contributed by atoms with van der Waals surface area (Å²) in [5, 5.41) is 7.14. The van der Waals surface area contributed by atoms with Gasteiger partial charge < -0.3 is 15.5 Å². The van der Waals surface area contributed by atoms with Crippen LogP contribution in [0, 0.1) is 0 Å². The molecule has 0 radical (unpaired) electrons. The fourth-order valence-corrected chi connectivity index (χ4v) is 6.70. The number of hydrogen-bond acceptors (Lipinski definition) is 5. The molecule has 1 fully saturated rings. The number of nitrogens with one attached hydrogen (secondary N) is 3. The SMILES string of the molecule is CS(=O)(=O)Nc1ccccc1C1CCN(C(=O)[C@@H](Cc2ccc(Cl)c(Cl)c2)NC(=O)[C@@H]2Cc3ccccc3CN2)CC1. The van der Waals surface area contributed by atoms with Crippen molar-refractivity contribution in [1.82, 2.24) is 15.5 Å². The molecule has 3 N–H and O–H groups in total. The molecule has 3 aromatic rings. The molecule has 2 aliphatic rings. The molecule has 2 atom stereocenters. The van der Waals surface area contributed by atoms with E-state index in [1.807, 2.05) is 42.5 Å². The number of anilines is 1. The van der Waals surface area contributed by atoms with Crippen molar-refractivity contribution in [2.45, 2.75) is 50.2 Å². The van der Waals surface area contributed by atoms with Gasteiger partial charge in [-0.05, 0) is 65.6 Å². The number of para-hydroxylation sites is 1. The minimum Gasteiger partial charge on any atom is -0.343 e. The molecule has 2 aliphatic heterocycles. The molecule has 3 aromatic carbocycles. The molecule has 0 aliphatic carbocycles. The van der Waals surface area contributed by atoms with Gasteiger partial charge in [0, 0.05) is 26.1 Å². The molecule has 0 aromatic heterocycles. The van der Waals surface area contributed by atoms with Gasteiger partial charge >= 0.3 is 0 Å². The standard InChI is InChI=1S/C31H34Cl2N4O4S/c1-42(40,41)36-27-9-5-4-8-24(27)21-12-14-37(15-13-21)31(39)29(17-20-10-11-25(32)26(33)16-20)35-30(38)28-18-22-6-2-3-7-23(22)19-34-28/h2-11,16,21,28-29,34,36H,12-15,17-19H2,1H3,(H,35,38)/t28-,29+/m0/s1. The van der Waals surface area contributed by atoms with Crippen molar-refractivity contribution in [3.63, 3.8) is 0 Å². The summed E-state index contributed by atoms with van der Waals surface area (Å²) in [6.07, 6.45) is 3.29. The summed E-state index contributed by atoms with van der Waals surface area (Å²) in [5.74, 6) is -0.292. The molecule has 0 spiro atoms. The molecule has 2 heterocycles. The number of piperidine rings is 1. The zero-order valence-corrected chi connectivity index (χ0v) is 25.6. The Labute approximate surface area is 256 Å². The lowest BCUT2D eigenvalue weighted by molar-refractivity contribution is -0.137. The number of carbonyl (C=O) groups excluding carboxylic acids is 2. The van der Waals surface area contributed by atoms with Gasteiger partial charge in [-0.1, -0.05) is 71.7 Å². The second kappa shape index (κ2) is 13.0. The van der Waals surface area contributed by atoms with E-state index in [2.05, 4.69) is 15.4 Å². The van der Waals surface area contributed by atoms with Crippen LogP contribution in [0.1, 0.15) is 41.0 Å². The largest absolute Gasteiger partial charge is 0.343 e. The maximum Gasteiger partial charge on any atom is 0.245 e. The molecule has 11 heteroatoms. The van der Waals surface area contributed by atoms with Crippen LogP contribution < -0.4 is 15.4 Å². The highest BCUT2D eigenvalue weighted by molar-refractivity contribution is 7.92. The zero-order valence-electron chi connectivity index (χ0n) is 23.3. The summed E-state index contributed by atoms with van der Waals surface area (Å²) in [4.78, 5) is 29.2. The normalized spacial score (nSPS) is 18.2. The molecule has 5 rings (SSSR count). The first-order valence-electron chi connectivity index (χ1n) is 14.0. The van der Waals surface area contributed by atoms with E-state index >= 15 is 0 Å². The monoisotopic (exact) mass is 628 g/mol. The van der Waals surface area contributed by atoms with Crippen LogP contribution in [0.3, 0.4) is 0 Å². The van der Waals surface area contributed by atoms with Crippen molar-refractivity contribution < 1.29 is 18.0 Å². The van der Waals surface area contributed by atoms with Crippen molar-refractivity contribution in [2.24, 2.45) is 0 Å². The number of sulfonamides is 1.